The van der Waals surface area contributed by atoms with Crippen molar-refractivity contribution >= 4 is 15.9 Å². The van der Waals surface area contributed by atoms with Gasteiger partial charge in [-0.25, -0.2) is 0 Å². The first kappa shape index (κ1) is 13.1. The molecule has 0 saturated heterocycles. The standard InChI is InChI=1S/C14H15BrN2O/c1-16-8-11-6-7-17-9-14(11)18-10-12-4-2-3-5-13(12)15/h2-7,9,16H,8,10H2,1H3. The molecule has 0 aliphatic rings. The third-order valence-corrected chi connectivity index (χ3v) is 3.35. The second kappa shape index (κ2) is 6.52. The predicted octanol–water partition coefficient (Wildman–Crippen LogP) is 3.14. The highest BCUT2D eigenvalue weighted by molar-refractivity contribution is 9.10. The van der Waals surface area contributed by atoms with Gasteiger partial charge in [-0.05, 0) is 19.2 Å². The largest absolute Gasteiger partial charge is 0.487 e. The van der Waals surface area contributed by atoms with Crippen LogP contribution in [0, 0.1) is 0 Å². The van der Waals surface area contributed by atoms with Gasteiger partial charge in [0.15, 0.2) is 0 Å². The van der Waals surface area contributed by atoms with E-state index < -0.39 is 0 Å². The Kier molecular flexibility index (Phi) is 4.73. The van der Waals surface area contributed by atoms with Crippen LogP contribution in [-0.2, 0) is 13.2 Å². The van der Waals surface area contributed by atoms with Crippen LogP contribution in [-0.4, -0.2) is 12.0 Å². The summed E-state index contributed by atoms with van der Waals surface area (Å²) in [6.45, 7) is 1.30. The van der Waals surface area contributed by atoms with Crippen LogP contribution in [0.2, 0.25) is 0 Å². The van der Waals surface area contributed by atoms with Gasteiger partial charge in [-0.2, -0.15) is 0 Å². The second-order valence-electron chi connectivity index (χ2n) is 3.89. The zero-order chi connectivity index (χ0) is 12.8. The third-order valence-electron chi connectivity index (χ3n) is 2.58. The molecule has 0 fully saturated rings. The SMILES string of the molecule is CNCc1ccncc1OCc1ccccc1Br. The molecule has 4 heteroatoms. The smallest absolute Gasteiger partial charge is 0.142 e. The lowest BCUT2D eigenvalue weighted by atomic mass is 10.2. The van der Waals surface area contributed by atoms with Gasteiger partial charge in [-0.15, -0.1) is 0 Å². The number of pyridine rings is 1. The van der Waals surface area contributed by atoms with Crippen LogP contribution in [0.25, 0.3) is 0 Å². The average molecular weight is 307 g/mol. The van der Waals surface area contributed by atoms with E-state index in [9.17, 15) is 0 Å². The Bertz CT molecular complexity index is 517. The Balaban J connectivity index is 2.08. The van der Waals surface area contributed by atoms with E-state index in [1.54, 1.807) is 12.4 Å². The molecule has 0 spiro atoms. The van der Waals surface area contributed by atoms with Crippen LogP contribution in [0.5, 0.6) is 5.75 Å². The van der Waals surface area contributed by atoms with Crippen LogP contribution in [0.1, 0.15) is 11.1 Å². The monoisotopic (exact) mass is 306 g/mol. The Morgan fingerprint density at radius 3 is 2.83 bits per heavy atom. The molecule has 2 aromatic rings. The molecule has 0 saturated carbocycles. The Morgan fingerprint density at radius 1 is 1.22 bits per heavy atom. The van der Waals surface area contributed by atoms with Gasteiger partial charge in [0.2, 0.25) is 0 Å². The lowest BCUT2D eigenvalue weighted by Gasteiger charge is -2.11. The molecule has 2 rings (SSSR count). The number of hydrogen-bond donors (Lipinski definition) is 1. The summed E-state index contributed by atoms with van der Waals surface area (Å²) in [5.41, 5.74) is 2.23. The van der Waals surface area contributed by atoms with Gasteiger partial charge in [0.05, 0.1) is 6.20 Å². The first-order chi connectivity index (χ1) is 8.81. The number of nitrogens with zero attached hydrogens (tertiary/aromatic N) is 1. The summed E-state index contributed by atoms with van der Waals surface area (Å²) in [4.78, 5) is 4.10. The van der Waals surface area contributed by atoms with Crippen LogP contribution in [0.3, 0.4) is 0 Å². The highest BCUT2D eigenvalue weighted by atomic mass is 79.9. The molecule has 0 aliphatic heterocycles. The normalized spacial score (nSPS) is 10.3. The molecule has 94 valence electrons. The molecule has 18 heavy (non-hydrogen) atoms. The highest BCUT2D eigenvalue weighted by Crippen LogP contribution is 2.21. The van der Waals surface area contributed by atoms with E-state index in [1.807, 2.05) is 37.4 Å². The van der Waals surface area contributed by atoms with E-state index in [2.05, 4.69) is 26.2 Å². The molecule has 1 aromatic heterocycles. The van der Waals surface area contributed by atoms with Gasteiger partial charge in [0.25, 0.3) is 0 Å². The van der Waals surface area contributed by atoms with Gasteiger partial charge >= 0.3 is 0 Å². The number of halogens is 1. The quantitative estimate of drug-likeness (QED) is 0.921. The van der Waals surface area contributed by atoms with Crippen LogP contribution in [0.4, 0.5) is 0 Å². The molecule has 0 bridgehead atoms. The summed E-state index contributed by atoms with van der Waals surface area (Å²) in [6, 6.07) is 10.0. The number of hydrogen-bond acceptors (Lipinski definition) is 3. The van der Waals surface area contributed by atoms with E-state index >= 15 is 0 Å². The zero-order valence-electron chi connectivity index (χ0n) is 10.2. The van der Waals surface area contributed by atoms with E-state index in [-0.39, 0.29) is 0 Å². The Morgan fingerprint density at radius 2 is 2.06 bits per heavy atom. The van der Waals surface area contributed by atoms with E-state index in [4.69, 9.17) is 4.74 Å². The summed E-state index contributed by atoms with van der Waals surface area (Å²) in [6.07, 6.45) is 3.53. The zero-order valence-corrected chi connectivity index (χ0v) is 11.8. The van der Waals surface area contributed by atoms with Crippen molar-refractivity contribution < 1.29 is 4.74 Å². The minimum atomic E-state index is 0.532. The Hall–Kier alpha value is -1.39. The van der Waals surface area contributed by atoms with Gasteiger partial charge in [-0.1, -0.05) is 34.1 Å². The summed E-state index contributed by atoms with van der Waals surface area (Å²) >= 11 is 3.51. The van der Waals surface area contributed by atoms with Gasteiger partial charge in [0.1, 0.15) is 12.4 Å². The molecular formula is C14H15BrN2O. The first-order valence-electron chi connectivity index (χ1n) is 5.75. The maximum absolute atomic E-state index is 5.82. The molecular weight excluding hydrogens is 292 g/mol. The highest BCUT2D eigenvalue weighted by Gasteiger charge is 2.04. The molecule has 0 unspecified atom stereocenters. The summed E-state index contributed by atoms with van der Waals surface area (Å²) in [5, 5.41) is 3.12. The molecule has 1 aromatic carbocycles. The van der Waals surface area contributed by atoms with E-state index in [0.717, 1.165) is 27.9 Å². The first-order valence-corrected chi connectivity index (χ1v) is 6.54. The maximum atomic E-state index is 5.82. The number of ether oxygens (including phenoxy) is 1. The maximum Gasteiger partial charge on any atom is 0.142 e. The Labute approximate surface area is 115 Å². The molecule has 3 nitrogen and oxygen atoms in total. The molecule has 0 aliphatic carbocycles. The summed E-state index contributed by atoms with van der Waals surface area (Å²) < 4.78 is 6.88. The topological polar surface area (TPSA) is 34.2 Å². The van der Waals surface area contributed by atoms with Crippen molar-refractivity contribution in [3.05, 3.63) is 58.3 Å². The van der Waals surface area contributed by atoms with Crippen molar-refractivity contribution in [3.63, 3.8) is 0 Å². The van der Waals surface area contributed by atoms with Crippen LogP contribution >= 0.6 is 15.9 Å². The number of nitrogens with one attached hydrogen (secondary N) is 1. The number of benzene rings is 1. The van der Waals surface area contributed by atoms with Gasteiger partial charge in [-0.3, -0.25) is 4.98 Å². The molecule has 0 amide bonds. The van der Waals surface area contributed by atoms with Gasteiger partial charge in [0, 0.05) is 28.3 Å². The fourth-order valence-corrected chi connectivity index (χ4v) is 2.05. The van der Waals surface area contributed by atoms with Crippen molar-refractivity contribution in [1.29, 1.82) is 0 Å². The predicted molar refractivity (Wildman–Crippen MR) is 75.5 cm³/mol. The van der Waals surface area contributed by atoms with Crippen LogP contribution < -0.4 is 10.1 Å². The molecule has 0 atom stereocenters. The lowest BCUT2D eigenvalue weighted by Crippen LogP contribution is -2.08. The van der Waals surface area contributed by atoms with Crippen molar-refractivity contribution in [1.82, 2.24) is 10.3 Å². The minimum absolute atomic E-state index is 0.532. The van der Waals surface area contributed by atoms with Crippen molar-refractivity contribution in [2.24, 2.45) is 0 Å². The fourth-order valence-electron chi connectivity index (χ4n) is 1.65. The summed E-state index contributed by atoms with van der Waals surface area (Å²) in [5.74, 6) is 0.822. The average Bonchev–Trinajstić information content (AvgIpc) is 2.40. The second-order valence-corrected chi connectivity index (χ2v) is 4.75. The van der Waals surface area contributed by atoms with Crippen molar-refractivity contribution in [2.45, 2.75) is 13.2 Å². The van der Waals surface area contributed by atoms with Gasteiger partial charge < -0.3 is 10.1 Å². The molecule has 1 N–H and O–H groups in total. The van der Waals surface area contributed by atoms with E-state index in [1.165, 1.54) is 0 Å². The number of rotatable bonds is 5. The lowest BCUT2D eigenvalue weighted by molar-refractivity contribution is 0.300. The minimum Gasteiger partial charge on any atom is -0.487 e. The number of aromatic nitrogens is 1. The van der Waals surface area contributed by atoms with E-state index in [0.29, 0.717) is 6.61 Å². The molecule has 0 radical (unpaired) electrons. The fraction of sp³-hybridized carbons (Fsp3) is 0.214. The van der Waals surface area contributed by atoms with Crippen LogP contribution in [0.15, 0.2) is 47.2 Å². The molecule has 1 heterocycles. The summed E-state index contributed by atoms with van der Waals surface area (Å²) in [7, 11) is 1.91. The third kappa shape index (κ3) is 3.31. The van der Waals surface area contributed by atoms with Crippen molar-refractivity contribution in [3.8, 4) is 5.75 Å². The van der Waals surface area contributed by atoms with Crippen molar-refractivity contribution in [2.75, 3.05) is 7.05 Å².